The summed E-state index contributed by atoms with van der Waals surface area (Å²) >= 11 is 0. The monoisotopic (exact) mass is 1030 g/mol. The molecule has 2 aliphatic heterocycles. The summed E-state index contributed by atoms with van der Waals surface area (Å²) < 4.78 is 78.0. The molecule has 0 aliphatic carbocycles. The third-order valence-corrected chi connectivity index (χ3v) is 10.0. The van der Waals surface area contributed by atoms with Crippen molar-refractivity contribution in [2.45, 2.75) is 123 Å². The van der Waals surface area contributed by atoms with Crippen LogP contribution in [0.3, 0.4) is 0 Å². The molecule has 0 aromatic heterocycles. The van der Waals surface area contributed by atoms with E-state index in [9.17, 15) is 47.9 Å². The molecule has 2 aliphatic rings. The molecule has 0 saturated carbocycles. The Kier molecular flexibility index (Phi) is 21.4. The number of ether oxygens (including phenoxy) is 14. The van der Waals surface area contributed by atoms with E-state index >= 15 is 0 Å². The van der Waals surface area contributed by atoms with Crippen molar-refractivity contribution >= 4 is 71.5 Å². The molecule has 24 nitrogen and oxygen atoms in total. The Morgan fingerprint density at radius 1 is 0.425 bits per heavy atom. The lowest BCUT2D eigenvalue weighted by molar-refractivity contribution is -0.288. The smallest absolute Gasteiger partial charge is 0.303 e. The van der Waals surface area contributed by atoms with Gasteiger partial charge in [-0.15, -0.1) is 0 Å². The largest absolute Gasteiger partial charge is 0.493 e. The lowest BCUT2D eigenvalue weighted by atomic mass is 9.98. The summed E-state index contributed by atoms with van der Waals surface area (Å²) in [7, 11) is 2.63. The van der Waals surface area contributed by atoms with E-state index in [0.29, 0.717) is 11.1 Å². The van der Waals surface area contributed by atoms with Crippen LogP contribution in [0.25, 0.3) is 12.2 Å². The van der Waals surface area contributed by atoms with Crippen LogP contribution in [0.1, 0.15) is 72.9 Å². The number of hydrogen-bond acceptors (Lipinski definition) is 24. The molecule has 0 bridgehead atoms. The van der Waals surface area contributed by atoms with Crippen molar-refractivity contribution in [3.05, 3.63) is 59.7 Å². The minimum Gasteiger partial charge on any atom is -0.493 e. The Morgan fingerprint density at radius 3 is 1.04 bits per heavy atom. The highest BCUT2D eigenvalue weighted by molar-refractivity contribution is 6.11. The van der Waals surface area contributed by atoms with E-state index in [1.54, 1.807) is 0 Å². The summed E-state index contributed by atoms with van der Waals surface area (Å²) in [5.74, 6) is -7.27. The van der Waals surface area contributed by atoms with Crippen molar-refractivity contribution < 1.29 is 114 Å². The molecule has 0 spiro atoms. The Balaban J connectivity index is 1.49. The van der Waals surface area contributed by atoms with E-state index in [1.807, 2.05) is 0 Å². The zero-order chi connectivity index (χ0) is 54.1. The number of esters is 8. The predicted octanol–water partition coefficient (Wildman–Crippen LogP) is 2.88. The van der Waals surface area contributed by atoms with Crippen LogP contribution in [0.2, 0.25) is 0 Å². The molecule has 73 heavy (non-hydrogen) atoms. The number of methoxy groups -OCH3 is 2. The second-order valence-electron chi connectivity index (χ2n) is 16.0. The molecule has 396 valence electrons. The highest BCUT2D eigenvalue weighted by Crippen LogP contribution is 2.37. The lowest BCUT2D eigenvalue weighted by Crippen LogP contribution is -2.63. The number of hydrogen-bond donors (Lipinski definition) is 0. The van der Waals surface area contributed by atoms with Crippen LogP contribution in [0.15, 0.2) is 48.6 Å². The SMILES string of the molecule is COc1cc(/C=C/C(=O)CC(=O)/C=C/c2ccc(O[C@@H]3O[C@H](COC(C)=O)[C@@H](OC(C)=O)[C@H](OC(C)=O)[C@H]3OC(C)=O)c(OC)c2)ccc1O[C@@H]1O[C@H](COC(C)=O)[C@@H](OC(C)=O)[C@H](OC(C)=O)[C@H]1OC(C)=O. The highest BCUT2D eigenvalue weighted by Gasteiger charge is 2.55. The number of rotatable bonds is 22. The summed E-state index contributed by atoms with van der Waals surface area (Å²) in [6, 6.07) is 8.85. The van der Waals surface area contributed by atoms with Crippen LogP contribution < -0.4 is 18.9 Å². The standard InChI is InChI=1S/C49H56O24/c1-24(50)62-22-40-42(64-26(3)52)44(66-28(5)54)46(68-30(7)56)48(72-40)70-36-17-13-32(19-38(36)60-9)11-15-34(58)21-35(59)16-12-33-14-18-37(39(20-33)61-10)71-49-47(69-31(8)57)45(67-29(6)55)43(65-27(4)53)41(73-49)23-63-25(2)51/h11-20,40-49H,21-23H2,1-10H3/b15-11+,16-12+/t40-,41-,42-,43-,44+,45+,46-,47-,48-,49-/m1/s1. The molecular weight excluding hydrogens is 973 g/mol. The minimum atomic E-state index is -1.55. The van der Waals surface area contributed by atoms with Crippen LogP contribution in [-0.2, 0) is 95.3 Å². The third-order valence-electron chi connectivity index (χ3n) is 10.0. The summed E-state index contributed by atoms with van der Waals surface area (Å²) in [5.41, 5.74) is 0.834. The first-order valence-corrected chi connectivity index (χ1v) is 22.2. The van der Waals surface area contributed by atoms with Gasteiger partial charge >= 0.3 is 47.8 Å². The quantitative estimate of drug-likeness (QED) is 0.0708. The summed E-state index contributed by atoms with van der Waals surface area (Å²) in [5, 5.41) is 0. The minimum absolute atomic E-state index is 0.0177. The third kappa shape index (κ3) is 17.7. The maximum absolute atomic E-state index is 12.9. The van der Waals surface area contributed by atoms with Crippen molar-refractivity contribution in [3.63, 3.8) is 0 Å². The fourth-order valence-electron chi connectivity index (χ4n) is 7.26. The first-order chi connectivity index (χ1) is 34.5. The molecule has 0 amide bonds. The topological polar surface area (TPSA) is 300 Å². The summed E-state index contributed by atoms with van der Waals surface area (Å²) in [6.45, 7) is 7.82. The molecule has 2 aromatic rings. The average Bonchev–Trinajstić information content (AvgIpc) is 3.29. The van der Waals surface area contributed by atoms with Gasteiger partial charge in [-0.2, -0.15) is 0 Å². The molecule has 0 N–H and O–H groups in total. The Labute approximate surface area is 418 Å². The number of benzene rings is 2. The lowest BCUT2D eigenvalue weighted by Gasteiger charge is -2.44. The first-order valence-electron chi connectivity index (χ1n) is 22.2. The van der Waals surface area contributed by atoms with Crippen LogP contribution >= 0.6 is 0 Å². The molecule has 10 atom stereocenters. The Bertz CT molecular complexity index is 2270. The maximum atomic E-state index is 12.9. The van der Waals surface area contributed by atoms with E-state index in [4.69, 9.17) is 66.3 Å². The Hall–Kier alpha value is -7.86. The van der Waals surface area contributed by atoms with Gasteiger partial charge < -0.3 is 66.3 Å². The van der Waals surface area contributed by atoms with Gasteiger partial charge in [0.15, 0.2) is 59.0 Å². The van der Waals surface area contributed by atoms with Gasteiger partial charge in [-0.3, -0.25) is 47.9 Å². The van der Waals surface area contributed by atoms with E-state index in [1.165, 1.54) is 74.9 Å². The van der Waals surface area contributed by atoms with E-state index in [-0.39, 0.29) is 23.0 Å². The molecule has 2 heterocycles. The number of carbonyl (C=O) groups excluding carboxylic acids is 10. The molecule has 2 fully saturated rings. The van der Waals surface area contributed by atoms with Crippen molar-refractivity contribution in [1.29, 1.82) is 0 Å². The van der Waals surface area contributed by atoms with Crippen LogP contribution in [0.4, 0.5) is 0 Å². The second kappa shape index (κ2) is 27.1. The zero-order valence-electron chi connectivity index (χ0n) is 41.5. The highest BCUT2D eigenvalue weighted by atomic mass is 16.8. The molecule has 0 radical (unpaired) electrons. The van der Waals surface area contributed by atoms with Gasteiger partial charge in [0.2, 0.25) is 24.8 Å². The Morgan fingerprint density at radius 2 is 0.740 bits per heavy atom. The van der Waals surface area contributed by atoms with Gasteiger partial charge in [0, 0.05) is 55.4 Å². The fraction of sp³-hybridized carbons (Fsp3) is 0.469. The molecule has 2 saturated heterocycles. The van der Waals surface area contributed by atoms with Crippen molar-refractivity contribution in [3.8, 4) is 23.0 Å². The van der Waals surface area contributed by atoms with Gasteiger partial charge in [0.05, 0.1) is 20.6 Å². The van der Waals surface area contributed by atoms with E-state index in [2.05, 4.69) is 0 Å². The van der Waals surface area contributed by atoms with Crippen LogP contribution in [0, 0.1) is 0 Å². The summed E-state index contributed by atoms with van der Waals surface area (Å²) in [4.78, 5) is 122. The molecule has 2 aromatic carbocycles. The van der Waals surface area contributed by atoms with E-state index in [0.717, 1.165) is 55.4 Å². The van der Waals surface area contributed by atoms with Crippen LogP contribution in [-0.4, -0.2) is 148 Å². The zero-order valence-corrected chi connectivity index (χ0v) is 41.5. The number of carbonyl (C=O) groups is 10. The normalized spacial score (nSPS) is 23.4. The van der Waals surface area contributed by atoms with Crippen molar-refractivity contribution in [2.75, 3.05) is 27.4 Å². The van der Waals surface area contributed by atoms with Crippen LogP contribution in [0.5, 0.6) is 23.0 Å². The molecule has 0 unspecified atom stereocenters. The van der Waals surface area contributed by atoms with Gasteiger partial charge in [0.1, 0.15) is 25.4 Å². The van der Waals surface area contributed by atoms with Gasteiger partial charge in [-0.05, 0) is 47.5 Å². The van der Waals surface area contributed by atoms with Crippen molar-refractivity contribution in [1.82, 2.24) is 0 Å². The predicted molar refractivity (Wildman–Crippen MR) is 244 cm³/mol. The average molecular weight is 1030 g/mol. The van der Waals surface area contributed by atoms with E-state index < -0.39 is 140 Å². The van der Waals surface area contributed by atoms with Gasteiger partial charge in [-0.25, -0.2) is 0 Å². The van der Waals surface area contributed by atoms with Crippen molar-refractivity contribution in [2.24, 2.45) is 0 Å². The maximum Gasteiger partial charge on any atom is 0.303 e. The second-order valence-corrected chi connectivity index (χ2v) is 16.0. The number of allylic oxidation sites excluding steroid dienone is 2. The van der Waals surface area contributed by atoms with Gasteiger partial charge in [-0.1, -0.05) is 24.3 Å². The summed E-state index contributed by atoms with van der Waals surface area (Å²) in [6.07, 6.45) is -9.82. The molecule has 4 rings (SSSR count). The first kappa shape index (κ1) is 57.7. The fourth-order valence-corrected chi connectivity index (χ4v) is 7.26. The molecular formula is C49H56O24. The number of ketones is 2. The van der Waals surface area contributed by atoms with Gasteiger partial charge in [0.25, 0.3) is 0 Å². The molecule has 24 heteroatoms.